The lowest BCUT2D eigenvalue weighted by Crippen LogP contribution is -2.44. The number of rotatable bonds is 6. The zero-order valence-electron chi connectivity index (χ0n) is 12.6. The first kappa shape index (κ1) is 15.0. The quantitative estimate of drug-likeness (QED) is 0.746. The summed E-state index contributed by atoms with van der Waals surface area (Å²) in [6.07, 6.45) is 8.25. The van der Waals surface area contributed by atoms with Gasteiger partial charge in [0.05, 0.1) is 12.1 Å². The minimum Gasteiger partial charge on any atom is -0.394 e. The number of hydrogen-bond acceptors (Lipinski definition) is 5. The van der Waals surface area contributed by atoms with Crippen LogP contribution in [0.15, 0.2) is 6.33 Å². The van der Waals surface area contributed by atoms with Crippen molar-refractivity contribution in [2.45, 2.75) is 57.9 Å². The maximum atomic E-state index is 9.78. The van der Waals surface area contributed by atoms with Gasteiger partial charge < -0.3 is 15.7 Å². The highest BCUT2D eigenvalue weighted by Crippen LogP contribution is 2.32. The molecule has 1 aliphatic rings. The summed E-state index contributed by atoms with van der Waals surface area (Å²) in [4.78, 5) is 8.65. The fourth-order valence-corrected chi connectivity index (χ4v) is 2.80. The summed E-state index contributed by atoms with van der Waals surface area (Å²) < 4.78 is 0. The number of aliphatic hydroxyl groups excluding tert-OH is 1. The molecule has 0 saturated heterocycles. The smallest absolute Gasteiger partial charge is 0.134 e. The molecule has 3 N–H and O–H groups in total. The summed E-state index contributed by atoms with van der Waals surface area (Å²) in [7, 11) is 0. The molecule has 1 aliphatic carbocycles. The first-order valence-corrected chi connectivity index (χ1v) is 7.65. The standard InChI is InChI=1S/C15H26N4O/c1-3-9-16-13-12(2)14(18-11-17-13)19-15(10-20)7-5-4-6-8-15/h11,20H,3-10H2,1-2H3,(H2,16,17,18,19). The predicted octanol–water partition coefficient (Wildman–Crippen LogP) is 2.71. The van der Waals surface area contributed by atoms with Crippen molar-refractivity contribution < 1.29 is 5.11 Å². The fraction of sp³-hybridized carbons (Fsp3) is 0.733. The van der Waals surface area contributed by atoms with Gasteiger partial charge in [0.15, 0.2) is 0 Å². The molecule has 0 radical (unpaired) electrons. The van der Waals surface area contributed by atoms with Gasteiger partial charge in [0.2, 0.25) is 0 Å². The molecule has 0 spiro atoms. The van der Waals surface area contributed by atoms with Gasteiger partial charge in [0, 0.05) is 12.1 Å². The van der Waals surface area contributed by atoms with Gasteiger partial charge in [-0.15, -0.1) is 0 Å². The molecular formula is C15H26N4O. The number of aliphatic hydroxyl groups is 1. The third-order valence-corrected chi connectivity index (χ3v) is 4.12. The van der Waals surface area contributed by atoms with E-state index < -0.39 is 0 Å². The largest absolute Gasteiger partial charge is 0.394 e. The lowest BCUT2D eigenvalue weighted by Gasteiger charge is -2.37. The molecule has 112 valence electrons. The Bertz CT molecular complexity index is 430. The average molecular weight is 278 g/mol. The lowest BCUT2D eigenvalue weighted by molar-refractivity contribution is 0.172. The van der Waals surface area contributed by atoms with E-state index in [9.17, 15) is 5.11 Å². The zero-order valence-corrected chi connectivity index (χ0v) is 12.6. The van der Waals surface area contributed by atoms with E-state index in [0.29, 0.717) is 0 Å². The molecule has 0 aromatic carbocycles. The molecule has 0 aliphatic heterocycles. The van der Waals surface area contributed by atoms with Crippen molar-refractivity contribution in [1.82, 2.24) is 9.97 Å². The predicted molar refractivity (Wildman–Crippen MR) is 82.1 cm³/mol. The number of hydrogen-bond donors (Lipinski definition) is 3. The van der Waals surface area contributed by atoms with Crippen LogP contribution >= 0.6 is 0 Å². The molecule has 1 fully saturated rings. The van der Waals surface area contributed by atoms with Crippen LogP contribution in [0, 0.1) is 6.92 Å². The van der Waals surface area contributed by atoms with Gasteiger partial charge in [-0.25, -0.2) is 9.97 Å². The Hall–Kier alpha value is -1.36. The monoisotopic (exact) mass is 278 g/mol. The van der Waals surface area contributed by atoms with E-state index in [-0.39, 0.29) is 12.1 Å². The van der Waals surface area contributed by atoms with Crippen LogP contribution in [0.2, 0.25) is 0 Å². The molecular weight excluding hydrogens is 252 g/mol. The number of nitrogens with one attached hydrogen (secondary N) is 2. The SMILES string of the molecule is CCCNc1ncnc(NC2(CO)CCCCC2)c1C. The van der Waals surface area contributed by atoms with Gasteiger partial charge in [-0.3, -0.25) is 0 Å². The second-order valence-electron chi connectivity index (χ2n) is 5.75. The Balaban J connectivity index is 2.15. The van der Waals surface area contributed by atoms with E-state index in [1.807, 2.05) is 6.92 Å². The van der Waals surface area contributed by atoms with Crippen molar-refractivity contribution in [2.24, 2.45) is 0 Å². The zero-order chi connectivity index (χ0) is 14.4. The van der Waals surface area contributed by atoms with E-state index in [0.717, 1.165) is 43.0 Å². The van der Waals surface area contributed by atoms with Crippen LogP contribution in [-0.2, 0) is 0 Å². The molecule has 20 heavy (non-hydrogen) atoms. The summed E-state index contributed by atoms with van der Waals surface area (Å²) in [5.41, 5.74) is 0.818. The molecule has 0 bridgehead atoms. The molecule has 0 unspecified atom stereocenters. The maximum Gasteiger partial charge on any atom is 0.134 e. The third kappa shape index (κ3) is 3.39. The Morgan fingerprint density at radius 3 is 2.55 bits per heavy atom. The Kier molecular flexibility index (Phi) is 5.17. The number of nitrogens with zero attached hydrogens (tertiary/aromatic N) is 2. The summed E-state index contributed by atoms with van der Waals surface area (Å²) >= 11 is 0. The Labute approximate surface area is 121 Å². The van der Waals surface area contributed by atoms with Crippen molar-refractivity contribution in [1.29, 1.82) is 0 Å². The molecule has 2 rings (SSSR count). The maximum absolute atomic E-state index is 9.78. The summed E-state index contributed by atoms with van der Waals surface area (Å²) in [5.74, 6) is 1.72. The van der Waals surface area contributed by atoms with Crippen molar-refractivity contribution >= 4 is 11.6 Å². The number of aromatic nitrogens is 2. The summed E-state index contributed by atoms with van der Waals surface area (Å²) in [6, 6.07) is 0. The van der Waals surface area contributed by atoms with Crippen LogP contribution in [0.3, 0.4) is 0 Å². The Morgan fingerprint density at radius 2 is 1.90 bits per heavy atom. The highest BCUT2D eigenvalue weighted by atomic mass is 16.3. The van der Waals surface area contributed by atoms with Crippen LogP contribution in [0.5, 0.6) is 0 Å². The van der Waals surface area contributed by atoms with Crippen molar-refractivity contribution in [2.75, 3.05) is 23.8 Å². The molecule has 1 saturated carbocycles. The summed E-state index contributed by atoms with van der Waals surface area (Å²) in [6.45, 7) is 5.22. The second kappa shape index (κ2) is 6.88. The van der Waals surface area contributed by atoms with Crippen molar-refractivity contribution in [3.63, 3.8) is 0 Å². The summed E-state index contributed by atoms with van der Waals surface area (Å²) in [5, 5.41) is 16.6. The molecule has 1 aromatic heterocycles. The van der Waals surface area contributed by atoms with Crippen LogP contribution in [0.1, 0.15) is 51.0 Å². The molecule has 5 heteroatoms. The van der Waals surface area contributed by atoms with Gasteiger partial charge in [-0.2, -0.15) is 0 Å². The molecule has 1 heterocycles. The van der Waals surface area contributed by atoms with Gasteiger partial charge in [0.1, 0.15) is 18.0 Å². The average Bonchev–Trinajstić information content (AvgIpc) is 2.49. The first-order chi connectivity index (χ1) is 9.71. The lowest BCUT2D eigenvalue weighted by atomic mass is 9.82. The van der Waals surface area contributed by atoms with Gasteiger partial charge in [-0.05, 0) is 26.2 Å². The minimum atomic E-state index is -0.209. The van der Waals surface area contributed by atoms with Crippen LogP contribution in [0.25, 0.3) is 0 Å². The minimum absolute atomic E-state index is 0.161. The molecule has 0 amide bonds. The van der Waals surface area contributed by atoms with E-state index in [2.05, 4.69) is 27.5 Å². The first-order valence-electron chi connectivity index (χ1n) is 7.65. The molecule has 1 aromatic rings. The fourth-order valence-electron chi connectivity index (χ4n) is 2.80. The highest BCUT2D eigenvalue weighted by molar-refractivity contribution is 5.57. The van der Waals surface area contributed by atoms with Crippen LogP contribution < -0.4 is 10.6 Å². The van der Waals surface area contributed by atoms with Gasteiger partial charge >= 0.3 is 0 Å². The topological polar surface area (TPSA) is 70.1 Å². The van der Waals surface area contributed by atoms with Crippen LogP contribution in [0.4, 0.5) is 11.6 Å². The van der Waals surface area contributed by atoms with E-state index in [4.69, 9.17) is 0 Å². The van der Waals surface area contributed by atoms with Gasteiger partial charge in [0.25, 0.3) is 0 Å². The Morgan fingerprint density at radius 1 is 1.20 bits per heavy atom. The molecule has 5 nitrogen and oxygen atoms in total. The molecule has 0 atom stereocenters. The van der Waals surface area contributed by atoms with Crippen LogP contribution in [-0.4, -0.2) is 33.8 Å². The normalized spacial score (nSPS) is 17.8. The second-order valence-corrected chi connectivity index (χ2v) is 5.75. The highest BCUT2D eigenvalue weighted by Gasteiger charge is 2.32. The van der Waals surface area contributed by atoms with E-state index >= 15 is 0 Å². The number of anilines is 2. The van der Waals surface area contributed by atoms with Crippen molar-refractivity contribution in [3.05, 3.63) is 11.9 Å². The van der Waals surface area contributed by atoms with E-state index in [1.165, 1.54) is 19.3 Å². The van der Waals surface area contributed by atoms with Gasteiger partial charge in [-0.1, -0.05) is 26.2 Å². The third-order valence-electron chi connectivity index (χ3n) is 4.12. The van der Waals surface area contributed by atoms with E-state index in [1.54, 1.807) is 6.33 Å². The van der Waals surface area contributed by atoms with Crippen molar-refractivity contribution in [3.8, 4) is 0 Å².